The molecule has 0 aliphatic heterocycles. The monoisotopic (exact) mass is 316 g/mol. The van der Waals surface area contributed by atoms with Crippen molar-refractivity contribution in [1.82, 2.24) is 4.98 Å². The van der Waals surface area contributed by atoms with Crippen molar-refractivity contribution in [2.75, 3.05) is 11.9 Å². The van der Waals surface area contributed by atoms with Crippen LogP contribution in [0.4, 0.5) is 5.13 Å². The maximum absolute atomic E-state index is 12.1. The fourth-order valence-corrected chi connectivity index (χ4v) is 2.41. The topological polar surface area (TPSA) is 68.3 Å². The number of nitrogens with one attached hydrogen (secondary N) is 1. The van der Waals surface area contributed by atoms with E-state index in [1.165, 1.54) is 11.3 Å². The van der Waals surface area contributed by atoms with Crippen molar-refractivity contribution in [3.8, 4) is 0 Å². The van der Waals surface area contributed by atoms with E-state index in [1.807, 2.05) is 6.07 Å². The number of Topliss-reactive ketones (excluding diaryl/α,β-unsaturated/α-hetero) is 1. The van der Waals surface area contributed by atoms with Gasteiger partial charge < -0.3 is 10.1 Å². The number of ether oxygens (including phenoxy) is 1. The lowest BCUT2D eigenvalue weighted by atomic mass is 10.1. The zero-order valence-corrected chi connectivity index (χ0v) is 12.9. The van der Waals surface area contributed by atoms with Crippen molar-refractivity contribution in [3.63, 3.8) is 0 Å². The Morgan fingerprint density at radius 3 is 2.82 bits per heavy atom. The third kappa shape index (κ3) is 4.02. The van der Waals surface area contributed by atoms with Gasteiger partial charge in [0.15, 0.2) is 16.9 Å². The number of aromatic nitrogens is 1. The van der Waals surface area contributed by atoms with Crippen LogP contribution in [0.25, 0.3) is 0 Å². The summed E-state index contributed by atoms with van der Waals surface area (Å²) in [6, 6.07) is 8.72. The highest BCUT2D eigenvalue weighted by Gasteiger charge is 2.21. The van der Waals surface area contributed by atoms with Crippen molar-refractivity contribution in [1.29, 1.82) is 0 Å². The molecule has 5 nitrogen and oxygen atoms in total. The van der Waals surface area contributed by atoms with Gasteiger partial charge in [-0.25, -0.2) is 9.78 Å². The number of ketones is 1. The zero-order chi connectivity index (χ0) is 15.9. The minimum absolute atomic E-state index is 0.185. The van der Waals surface area contributed by atoms with E-state index in [0.29, 0.717) is 17.2 Å². The number of carbonyl (C=O) groups excluding carboxylic acids is 2. The van der Waals surface area contributed by atoms with Crippen LogP contribution >= 0.6 is 11.3 Å². The Morgan fingerprint density at radius 2 is 2.14 bits per heavy atom. The van der Waals surface area contributed by atoms with Gasteiger partial charge in [0, 0.05) is 17.5 Å². The van der Waals surface area contributed by atoms with Crippen molar-refractivity contribution < 1.29 is 14.3 Å². The molecule has 6 heteroatoms. The number of esters is 1. The van der Waals surface area contributed by atoms with Crippen LogP contribution in [-0.4, -0.2) is 29.4 Å². The SMILES string of the molecule is C=CCNc1nc(C(=O)OC(C)C(=O)c2ccccc2)cs1. The second-order valence-corrected chi connectivity index (χ2v) is 5.34. The second kappa shape index (κ2) is 7.51. The second-order valence-electron chi connectivity index (χ2n) is 4.49. The van der Waals surface area contributed by atoms with E-state index in [4.69, 9.17) is 4.74 Å². The molecule has 1 aromatic heterocycles. The largest absolute Gasteiger partial charge is 0.450 e. The fourth-order valence-electron chi connectivity index (χ4n) is 1.72. The molecular weight excluding hydrogens is 300 g/mol. The Balaban J connectivity index is 1.97. The highest BCUT2D eigenvalue weighted by molar-refractivity contribution is 7.13. The molecule has 0 amide bonds. The Labute approximate surface area is 132 Å². The summed E-state index contributed by atoms with van der Waals surface area (Å²) in [7, 11) is 0. The summed E-state index contributed by atoms with van der Waals surface area (Å²) < 4.78 is 5.18. The number of carbonyl (C=O) groups is 2. The molecule has 1 atom stereocenters. The van der Waals surface area contributed by atoms with E-state index in [9.17, 15) is 9.59 Å². The molecule has 2 aromatic rings. The van der Waals surface area contributed by atoms with Crippen molar-refractivity contribution >= 4 is 28.2 Å². The van der Waals surface area contributed by atoms with Crippen molar-refractivity contribution in [2.45, 2.75) is 13.0 Å². The Kier molecular flexibility index (Phi) is 5.43. The quantitative estimate of drug-likeness (QED) is 0.483. The Bertz CT molecular complexity index is 667. The number of nitrogens with zero attached hydrogens (tertiary/aromatic N) is 1. The van der Waals surface area contributed by atoms with Crippen LogP contribution in [-0.2, 0) is 4.74 Å². The summed E-state index contributed by atoms with van der Waals surface area (Å²) in [6.07, 6.45) is 0.834. The summed E-state index contributed by atoms with van der Waals surface area (Å²) in [5, 5.41) is 5.18. The molecule has 0 aliphatic rings. The number of hydrogen-bond acceptors (Lipinski definition) is 6. The average molecular weight is 316 g/mol. The van der Waals surface area contributed by atoms with E-state index in [2.05, 4.69) is 16.9 Å². The number of rotatable bonds is 7. The van der Waals surface area contributed by atoms with Gasteiger partial charge in [0.25, 0.3) is 0 Å². The van der Waals surface area contributed by atoms with Gasteiger partial charge in [0.2, 0.25) is 5.78 Å². The third-order valence-electron chi connectivity index (χ3n) is 2.82. The Hall–Kier alpha value is -2.47. The van der Waals surface area contributed by atoms with Gasteiger partial charge in [-0.15, -0.1) is 17.9 Å². The van der Waals surface area contributed by atoms with Crippen LogP contribution in [0.15, 0.2) is 48.4 Å². The predicted octanol–water partition coefficient (Wildman–Crippen LogP) is 3.17. The normalized spacial score (nSPS) is 11.5. The van der Waals surface area contributed by atoms with Crippen LogP contribution < -0.4 is 5.32 Å². The fraction of sp³-hybridized carbons (Fsp3) is 0.188. The zero-order valence-electron chi connectivity index (χ0n) is 12.1. The van der Waals surface area contributed by atoms with Crippen LogP contribution in [0.1, 0.15) is 27.8 Å². The van der Waals surface area contributed by atoms with Gasteiger partial charge in [-0.2, -0.15) is 0 Å². The minimum atomic E-state index is -0.860. The first kappa shape index (κ1) is 15.9. The number of anilines is 1. The molecule has 0 aliphatic carbocycles. The molecule has 0 saturated carbocycles. The Morgan fingerprint density at radius 1 is 1.41 bits per heavy atom. The van der Waals surface area contributed by atoms with Crippen LogP contribution in [0.3, 0.4) is 0 Å². The minimum Gasteiger partial charge on any atom is -0.450 e. The van der Waals surface area contributed by atoms with Crippen LogP contribution in [0.5, 0.6) is 0 Å². The molecule has 1 unspecified atom stereocenters. The smallest absolute Gasteiger partial charge is 0.358 e. The van der Waals surface area contributed by atoms with Gasteiger partial charge >= 0.3 is 5.97 Å². The van der Waals surface area contributed by atoms with Gasteiger partial charge in [0.1, 0.15) is 0 Å². The average Bonchev–Trinajstić information content (AvgIpc) is 3.02. The van der Waals surface area contributed by atoms with Crippen molar-refractivity contribution in [2.24, 2.45) is 0 Å². The van der Waals surface area contributed by atoms with E-state index in [0.717, 1.165) is 0 Å². The van der Waals surface area contributed by atoms with E-state index >= 15 is 0 Å². The van der Waals surface area contributed by atoms with Gasteiger partial charge in [-0.3, -0.25) is 4.79 Å². The first-order valence-electron chi connectivity index (χ1n) is 6.72. The number of thiazole rings is 1. The molecule has 0 saturated heterocycles. The molecule has 0 bridgehead atoms. The molecular formula is C16H16N2O3S. The van der Waals surface area contributed by atoms with Gasteiger partial charge in [-0.1, -0.05) is 36.4 Å². The van der Waals surface area contributed by atoms with Crippen molar-refractivity contribution in [3.05, 3.63) is 59.6 Å². The lowest BCUT2D eigenvalue weighted by Crippen LogP contribution is -2.24. The summed E-state index contributed by atoms with van der Waals surface area (Å²) in [5.41, 5.74) is 0.693. The molecule has 1 N–H and O–H groups in total. The summed E-state index contributed by atoms with van der Waals surface area (Å²) >= 11 is 1.29. The van der Waals surface area contributed by atoms with Crippen LogP contribution in [0, 0.1) is 0 Å². The maximum Gasteiger partial charge on any atom is 0.358 e. The van der Waals surface area contributed by atoms with E-state index < -0.39 is 12.1 Å². The molecule has 22 heavy (non-hydrogen) atoms. The van der Waals surface area contributed by atoms with Crippen LogP contribution in [0.2, 0.25) is 0 Å². The molecule has 1 heterocycles. The number of benzene rings is 1. The molecule has 0 fully saturated rings. The molecule has 2 rings (SSSR count). The van der Waals surface area contributed by atoms with Gasteiger partial charge in [-0.05, 0) is 6.92 Å². The number of hydrogen-bond donors (Lipinski definition) is 1. The van der Waals surface area contributed by atoms with Gasteiger partial charge in [0.05, 0.1) is 0 Å². The standard InChI is InChI=1S/C16H16N2O3S/c1-3-9-17-16-18-13(10-22-16)15(20)21-11(2)14(19)12-7-5-4-6-8-12/h3-8,10-11H,1,9H2,2H3,(H,17,18). The molecule has 0 spiro atoms. The first-order valence-corrected chi connectivity index (χ1v) is 7.60. The molecule has 0 radical (unpaired) electrons. The predicted molar refractivity (Wildman–Crippen MR) is 86.5 cm³/mol. The first-order chi connectivity index (χ1) is 10.6. The summed E-state index contributed by atoms with van der Waals surface area (Å²) in [4.78, 5) is 28.2. The summed E-state index contributed by atoms with van der Waals surface area (Å²) in [5.74, 6) is -0.853. The lowest BCUT2D eigenvalue weighted by molar-refractivity contribution is 0.0314. The third-order valence-corrected chi connectivity index (χ3v) is 3.62. The highest BCUT2D eigenvalue weighted by Crippen LogP contribution is 2.17. The van der Waals surface area contributed by atoms with E-state index in [1.54, 1.807) is 42.6 Å². The molecule has 114 valence electrons. The summed E-state index contributed by atoms with van der Waals surface area (Å²) in [6.45, 7) is 5.70. The maximum atomic E-state index is 12.1. The lowest BCUT2D eigenvalue weighted by Gasteiger charge is -2.11. The molecule has 1 aromatic carbocycles. The highest BCUT2D eigenvalue weighted by atomic mass is 32.1. The van der Waals surface area contributed by atoms with E-state index in [-0.39, 0.29) is 11.5 Å².